The molecule has 3 rings (SSSR count). The molecule has 1 heterocycles. The maximum absolute atomic E-state index is 12.8. The van der Waals surface area contributed by atoms with Crippen LogP contribution in [0.4, 0.5) is 4.79 Å². The molecule has 7 nitrogen and oxygen atoms in total. The number of carbonyl (C=O) groups is 3. The molecule has 0 radical (unpaired) electrons. The zero-order valence-electron chi connectivity index (χ0n) is 18.1. The van der Waals surface area contributed by atoms with Crippen LogP contribution < -0.4 is 9.47 Å². The molecule has 33 heavy (non-hydrogen) atoms. The van der Waals surface area contributed by atoms with E-state index in [0.717, 1.165) is 25.8 Å². The maximum Gasteiger partial charge on any atom is 0.329 e. The van der Waals surface area contributed by atoms with Crippen LogP contribution in [-0.4, -0.2) is 41.8 Å². The van der Waals surface area contributed by atoms with Gasteiger partial charge < -0.3 is 14.2 Å². The molecule has 0 bridgehead atoms. The Labute approximate surface area is 214 Å². The third kappa shape index (κ3) is 6.01. The quantitative estimate of drug-likeness (QED) is 0.224. The lowest BCUT2D eigenvalue weighted by Gasteiger charge is -2.19. The van der Waals surface area contributed by atoms with Gasteiger partial charge in [0, 0.05) is 3.57 Å². The Kier molecular flexibility index (Phi) is 8.66. The highest BCUT2D eigenvalue weighted by Gasteiger charge is 2.41. The number of hydrogen-bond acceptors (Lipinski definition) is 7. The molecule has 1 atom stereocenters. The molecule has 0 N–H and O–H groups in total. The number of methoxy groups -OCH3 is 1. The fraction of sp³-hybridized carbons (Fsp3) is 0.261. The standard InChI is InChI=1S/C23H21ClINO6S/c1-4-31-22(28)13(2)26-21(27)19(33-23(26)29)11-15-9-17(24)20(18(10-15)30-3)32-12-14-5-7-16(25)8-6-14/h5-11,13H,4,12H2,1-3H3/b19-11+/t13-/m1/s1. The first-order chi connectivity index (χ1) is 15.7. The van der Waals surface area contributed by atoms with Crippen molar-refractivity contribution >= 4 is 69.1 Å². The Morgan fingerprint density at radius 3 is 2.58 bits per heavy atom. The van der Waals surface area contributed by atoms with E-state index in [-0.39, 0.29) is 11.5 Å². The number of carbonyl (C=O) groups excluding carboxylic acids is 3. The van der Waals surface area contributed by atoms with E-state index in [2.05, 4.69) is 22.6 Å². The number of hydrogen-bond donors (Lipinski definition) is 0. The van der Waals surface area contributed by atoms with Gasteiger partial charge in [0.15, 0.2) is 11.5 Å². The van der Waals surface area contributed by atoms with Gasteiger partial charge in [-0.1, -0.05) is 23.7 Å². The van der Waals surface area contributed by atoms with Crippen molar-refractivity contribution < 1.29 is 28.6 Å². The largest absolute Gasteiger partial charge is 0.493 e. The van der Waals surface area contributed by atoms with Crippen molar-refractivity contribution in [3.05, 3.63) is 61.0 Å². The van der Waals surface area contributed by atoms with Gasteiger partial charge in [-0.2, -0.15) is 0 Å². The summed E-state index contributed by atoms with van der Waals surface area (Å²) < 4.78 is 17.4. The molecule has 174 valence electrons. The molecule has 2 aromatic carbocycles. The number of rotatable bonds is 8. The van der Waals surface area contributed by atoms with E-state index < -0.39 is 23.2 Å². The number of thioether (sulfide) groups is 1. The SMILES string of the molecule is CCOC(=O)[C@@H](C)N1C(=O)S/C(=C/c2cc(Cl)c(OCc3ccc(I)cc3)c(OC)c2)C1=O. The fourth-order valence-corrected chi connectivity index (χ4v) is 4.57. The molecular weight excluding hydrogens is 581 g/mol. The molecule has 1 aliphatic rings. The summed E-state index contributed by atoms with van der Waals surface area (Å²) in [5, 5.41) is -0.243. The van der Waals surface area contributed by atoms with Crippen molar-refractivity contribution in [2.24, 2.45) is 0 Å². The van der Waals surface area contributed by atoms with Gasteiger partial charge in [0.2, 0.25) is 0 Å². The Morgan fingerprint density at radius 1 is 1.24 bits per heavy atom. The van der Waals surface area contributed by atoms with E-state index in [1.807, 2.05) is 24.3 Å². The summed E-state index contributed by atoms with van der Waals surface area (Å²) in [5.74, 6) is -0.447. The third-order valence-electron chi connectivity index (χ3n) is 4.68. The van der Waals surface area contributed by atoms with Crippen LogP contribution in [0.3, 0.4) is 0 Å². The highest BCUT2D eigenvalue weighted by atomic mass is 127. The predicted molar refractivity (Wildman–Crippen MR) is 135 cm³/mol. The van der Waals surface area contributed by atoms with Crippen molar-refractivity contribution in [2.45, 2.75) is 26.5 Å². The van der Waals surface area contributed by atoms with Crippen molar-refractivity contribution in [3.8, 4) is 11.5 Å². The summed E-state index contributed by atoms with van der Waals surface area (Å²) in [4.78, 5) is 38.2. The molecule has 1 saturated heterocycles. The van der Waals surface area contributed by atoms with Gasteiger partial charge in [0.05, 0.1) is 23.6 Å². The summed E-state index contributed by atoms with van der Waals surface area (Å²) in [5.41, 5.74) is 1.52. The monoisotopic (exact) mass is 601 g/mol. The average Bonchev–Trinajstić information content (AvgIpc) is 3.06. The first-order valence-electron chi connectivity index (χ1n) is 9.93. The fourth-order valence-electron chi connectivity index (χ4n) is 3.03. The van der Waals surface area contributed by atoms with Crippen LogP contribution in [0.5, 0.6) is 11.5 Å². The van der Waals surface area contributed by atoms with Crippen molar-refractivity contribution in [3.63, 3.8) is 0 Å². The Hall–Kier alpha value is -2.24. The van der Waals surface area contributed by atoms with Gasteiger partial charge >= 0.3 is 5.97 Å². The summed E-state index contributed by atoms with van der Waals surface area (Å²) >= 11 is 9.42. The maximum atomic E-state index is 12.8. The number of amides is 2. The van der Waals surface area contributed by atoms with Gasteiger partial charge in [-0.25, -0.2) is 4.79 Å². The number of imide groups is 1. The van der Waals surface area contributed by atoms with Crippen LogP contribution in [-0.2, 0) is 20.9 Å². The van der Waals surface area contributed by atoms with Crippen molar-refractivity contribution in [1.29, 1.82) is 0 Å². The van der Waals surface area contributed by atoms with E-state index in [1.165, 1.54) is 20.1 Å². The smallest absolute Gasteiger partial charge is 0.329 e. The van der Waals surface area contributed by atoms with Crippen LogP contribution in [0.2, 0.25) is 5.02 Å². The molecule has 1 fully saturated rings. The number of benzene rings is 2. The molecule has 0 unspecified atom stereocenters. The minimum Gasteiger partial charge on any atom is -0.493 e. The molecule has 0 saturated carbocycles. The zero-order chi connectivity index (χ0) is 24.1. The highest BCUT2D eigenvalue weighted by molar-refractivity contribution is 14.1. The zero-order valence-corrected chi connectivity index (χ0v) is 21.8. The Bertz CT molecular complexity index is 1100. The van der Waals surface area contributed by atoms with Crippen LogP contribution in [0.25, 0.3) is 6.08 Å². The van der Waals surface area contributed by atoms with E-state index in [1.54, 1.807) is 19.1 Å². The number of nitrogens with zero attached hydrogens (tertiary/aromatic N) is 1. The van der Waals surface area contributed by atoms with Crippen LogP contribution in [0, 0.1) is 3.57 Å². The number of ether oxygens (including phenoxy) is 3. The highest BCUT2D eigenvalue weighted by Crippen LogP contribution is 2.39. The van der Waals surface area contributed by atoms with E-state index in [0.29, 0.717) is 28.7 Å². The van der Waals surface area contributed by atoms with Gasteiger partial charge in [0.1, 0.15) is 12.6 Å². The molecule has 10 heteroatoms. The lowest BCUT2D eigenvalue weighted by Crippen LogP contribution is -2.42. The van der Waals surface area contributed by atoms with Crippen LogP contribution in [0.1, 0.15) is 25.0 Å². The molecule has 2 aromatic rings. The van der Waals surface area contributed by atoms with E-state index >= 15 is 0 Å². The number of esters is 1. The summed E-state index contributed by atoms with van der Waals surface area (Å²) in [6.07, 6.45) is 1.53. The van der Waals surface area contributed by atoms with Gasteiger partial charge in [-0.3, -0.25) is 14.5 Å². The second kappa shape index (κ2) is 11.3. The van der Waals surface area contributed by atoms with Gasteiger partial charge in [-0.15, -0.1) is 0 Å². The molecule has 1 aliphatic heterocycles. The first-order valence-corrected chi connectivity index (χ1v) is 12.2. The molecule has 0 aromatic heterocycles. The summed E-state index contributed by atoms with van der Waals surface area (Å²) in [7, 11) is 1.49. The minimum absolute atomic E-state index is 0.158. The number of halogens is 2. The first kappa shape index (κ1) is 25.4. The Morgan fingerprint density at radius 2 is 1.94 bits per heavy atom. The lowest BCUT2D eigenvalue weighted by molar-refractivity contribution is -0.150. The summed E-state index contributed by atoms with van der Waals surface area (Å²) in [6.45, 7) is 3.57. The second-order valence-corrected chi connectivity index (χ2v) is 9.58. The third-order valence-corrected chi connectivity index (χ3v) is 6.57. The average molecular weight is 602 g/mol. The minimum atomic E-state index is -1.02. The molecule has 2 amide bonds. The van der Waals surface area contributed by atoms with E-state index in [4.69, 9.17) is 25.8 Å². The summed E-state index contributed by atoms with van der Waals surface area (Å²) in [6, 6.07) is 10.2. The molecular formula is C23H21ClINO6S. The van der Waals surface area contributed by atoms with Crippen LogP contribution >= 0.6 is 46.0 Å². The normalized spacial score (nSPS) is 15.7. The lowest BCUT2D eigenvalue weighted by atomic mass is 10.1. The molecule has 0 aliphatic carbocycles. The van der Waals surface area contributed by atoms with Crippen molar-refractivity contribution in [1.82, 2.24) is 4.90 Å². The Balaban J connectivity index is 1.81. The van der Waals surface area contributed by atoms with Gasteiger partial charge in [0.25, 0.3) is 11.1 Å². The van der Waals surface area contributed by atoms with Gasteiger partial charge in [-0.05, 0) is 89.7 Å². The molecule has 0 spiro atoms. The van der Waals surface area contributed by atoms with E-state index in [9.17, 15) is 14.4 Å². The second-order valence-electron chi connectivity index (χ2n) is 6.93. The van der Waals surface area contributed by atoms with Crippen LogP contribution in [0.15, 0.2) is 41.3 Å². The predicted octanol–water partition coefficient (Wildman–Crippen LogP) is 5.52. The topological polar surface area (TPSA) is 82.1 Å². The van der Waals surface area contributed by atoms with Crippen molar-refractivity contribution in [2.75, 3.05) is 13.7 Å².